The summed E-state index contributed by atoms with van der Waals surface area (Å²) < 4.78 is 75.7. The third-order valence-electron chi connectivity index (χ3n) is 17.3. The number of carbonyl (C=O) groups is 1. The van der Waals surface area contributed by atoms with E-state index in [9.17, 15) is 36.9 Å². The number of aromatic nitrogens is 2. The number of pyridine rings is 1. The molecular formula is C55H68N8O11S2. The Balaban J connectivity index is 0.850. The molecule has 1 spiro atoms. The minimum absolute atomic E-state index is 0.00175. The molecule has 2 aromatic heterocycles. The fourth-order valence-corrected chi connectivity index (χ4v) is 15.0. The number of amides is 1. The van der Waals surface area contributed by atoms with Crippen LogP contribution in [0.4, 0.5) is 17.1 Å². The normalized spacial score (nSPS) is 25.1. The van der Waals surface area contributed by atoms with Crippen LogP contribution in [0.25, 0.3) is 11.0 Å². The molecule has 6 heterocycles. The van der Waals surface area contributed by atoms with Gasteiger partial charge in [0.2, 0.25) is 10.0 Å². The van der Waals surface area contributed by atoms with Crippen LogP contribution >= 0.6 is 0 Å². The lowest BCUT2D eigenvalue weighted by atomic mass is 9.59. The lowest BCUT2D eigenvalue weighted by molar-refractivity contribution is -0.384. The van der Waals surface area contributed by atoms with E-state index in [2.05, 4.69) is 67.9 Å². The molecule has 5 aromatic rings. The average Bonchev–Trinajstić information content (AvgIpc) is 4.10. The molecule has 3 atom stereocenters. The SMILES string of the molecule is CC(C)c1ccccc1[C@H]1CCCN1C1CC2(CCN(c3ccc(C(=O)NS(=O)(=O)c4cc5c(c([N+](=O)[O-])c4)N[C@@H]([C@H]4CC[C@](C)(O)CC4)CO5)c(Oc4cc5cc[nH]c5nc4OC[C@@H]4CCN4S(C)(=O)=O)c3)CC2)C1. The Kier molecular flexibility index (Phi) is 13.8. The summed E-state index contributed by atoms with van der Waals surface area (Å²) in [5.74, 6) is -0.430. The maximum atomic E-state index is 14.5. The number of hydrogen-bond donors (Lipinski definition) is 4. The molecule has 2 aliphatic carbocycles. The van der Waals surface area contributed by atoms with Crippen molar-refractivity contribution in [3.05, 3.63) is 99.7 Å². The van der Waals surface area contributed by atoms with Gasteiger partial charge in [0, 0.05) is 67.2 Å². The number of likely N-dealkylation sites (tertiary alicyclic amines) is 1. The van der Waals surface area contributed by atoms with E-state index in [1.165, 1.54) is 40.4 Å². The monoisotopic (exact) mass is 1080 g/mol. The van der Waals surface area contributed by atoms with Gasteiger partial charge in [-0.3, -0.25) is 19.8 Å². The van der Waals surface area contributed by atoms with E-state index >= 15 is 0 Å². The van der Waals surface area contributed by atoms with Crippen molar-refractivity contribution in [2.45, 2.75) is 132 Å². The van der Waals surface area contributed by atoms with Crippen molar-refractivity contribution < 1.29 is 45.9 Å². The first-order valence-corrected chi connectivity index (χ1v) is 30.1. The van der Waals surface area contributed by atoms with Crippen LogP contribution in [-0.2, 0) is 20.0 Å². The second-order valence-corrected chi connectivity index (χ2v) is 26.4. The van der Waals surface area contributed by atoms with Gasteiger partial charge in [0.1, 0.15) is 24.6 Å². The molecule has 406 valence electrons. The highest BCUT2D eigenvalue weighted by Crippen LogP contribution is 2.55. The van der Waals surface area contributed by atoms with Crippen molar-refractivity contribution in [1.82, 2.24) is 23.9 Å². The molecule has 76 heavy (non-hydrogen) atoms. The van der Waals surface area contributed by atoms with Crippen molar-refractivity contribution in [2.24, 2.45) is 11.3 Å². The third kappa shape index (κ3) is 10.3. The fourth-order valence-electron chi connectivity index (χ4n) is 12.8. The Labute approximate surface area is 443 Å². The Morgan fingerprint density at radius 2 is 1.72 bits per heavy atom. The predicted molar refractivity (Wildman–Crippen MR) is 287 cm³/mol. The molecule has 11 rings (SSSR count). The molecule has 6 aliphatic rings. The topological polar surface area (TPSA) is 239 Å². The summed E-state index contributed by atoms with van der Waals surface area (Å²) >= 11 is 0. The van der Waals surface area contributed by atoms with Gasteiger partial charge >= 0.3 is 0 Å². The van der Waals surface area contributed by atoms with Crippen LogP contribution in [0.1, 0.15) is 125 Å². The highest BCUT2D eigenvalue weighted by Gasteiger charge is 2.50. The van der Waals surface area contributed by atoms with Crippen molar-refractivity contribution in [2.75, 3.05) is 55.9 Å². The van der Waals surface area contributed by atoms with Crippen LogP contribution in [0.5, 0.6) is 23.1 Å². The quantitative estimate of drug-likeness (QED) is 0.0567. The van der Waals surface area contributed by atoms with E-state index in [0.717, 1.165) is 63.3 Å². The van der Waals surface area contributed by atoms with Crippen LogP contribution in [0, 0.1) is 21.4 Å². The smallest absolute Gasteiger partial charge is 0.297 e. The molecular weight excluding hydrogens is 1010 g/mol. The number of sulfonamides is 2. The number of aromatic amines is 1. The summed E-state index contributed by atoms with van der Waals surface area (Å²) in [4.78, 5) is 38.6. The number of fused-ring (bicyclic) bond motifs is 2. The van der Waals surface area contributed by atoms with Crippen LogP contribution in [-0.4, -0.2) is 121 Å². The fraction of sp³-hybridized carbons (Fsp3) is 0.527. The van der Waals surface area contributed by atoms with Crippen LogP contribution in [0.15, 0.2) is 77.8 Å². The number of H-pyrrole nitrogens is 1. The minimum Gasteiger partial charge on any atom is -0.489 e. The molecule has 3 aromatic carbocycles. The highest BCUT2D eigenvalue weighted by molar-refractivity contribution is 7.90. The Morgan fingerprint density at radius 3 is 2.43 bits per heavy atom. The number of nitro benzene ring substituents is 1. The van der Waals surface area contributed by atoms with Gasteiger partial charge < -0.3 is 34.5 Å². The van der Waals surface area contributed by atoms with E-state index in [-0.39, 0.29) is 65.0 Å². The van der Waals surface area contributed by atoms with Crippen LogP contribution in [0.3, 0.4) is 0 Å². The van der Waals surface area contributed by atoms with Gasteiger partial charge in [0.05, 0.1) is 39.3 Å². The van der Waals surface area contributed by atoms with Crippen molar-refractivity contribution >= 4 is 54.0 Å². The molecule has 2 saturated carbocycles. The maximum absolute atomic E-state index is 14.5. The van der Waals surface area contributed by atoms with E-state index in [1.54, 1.807) is 37.4 Å². The molecule has 3 saturated heterocycles. The molecule has 0 radical (unpaired) electrons. The van der Waals surface area contributed by atoms with E-state index in [0.29, 0.717) is 67.7 Å². The zero-order chi connectivity index (χ0) is 53.3. The number of ether oxygens (including phenoxy) is 3. The lowest BCUT2D eigenvalue weighted by Gasteiger charge is -2.56. The van der Waals surface area contributed by atoms with Crippen LogP contribution in [0.2, 0.25) is 0 Å². The highest BCUT2D eigenvalue weighted by atomic mass is 32.2. The lowest BCUT2D eigenvalue weighted by Crippen LogP contribution is -2.54. The zero-order valence-corrected chi connectivity index (χ0v) is 45.1. The van der Waals surface area contributed by atoms with Crippen LogP contribution < -0.4 is 29.1 Å². The average molecular weight is 1080 g/mol. The number of nitrogens with one attached hydrogen (secondary N) is 3. The van der Waals surface area contributed by atoms with Gasteiger partial charge in [0.15, 0.2) is 17.2 Å². The molecule has 5 fully saturated rings. The Morgan fingerprint density at radius 1 is 0.961 bits per heavy atom. The molecule has 0 unspecified atom stereocenters. The van der Waals surface area contributed by atoms with Crippen molar-refractivity contribution in [3.8, 4) is 23.1 Å². The Hall–Kier alpha value is -6.00. The second-order valence-electron chi connectivity index (χ2n) is 22.7. The number of carbonyl (C=O) groups excluding carboxylic acids is 1. The number of anilines is 2. The number of rotatable bonds is 15. The number of nitro groups is 1. The van der Waals surface area contributed by atoms with Gasteiger partial charge in [-0.1, -0.05) is 38.1 Å². The second kappa shape index (κ2) is 20.1. The van der Waals surface area contributed by atoms with E-state index in [1.807, 2.05) is 0 Å². The van der Waals surface area contributed by atoms with Crippen molar-refractivity contribution in [3.63, 3.8) is 0 Å². The molecule has 19 nitrogen and oxygen atoms in total. The largest absolute Gasteiger partial charge is 0.489 e. The molecule has 4 aliphatic heterocycles. The molecule has 1 amide bonds. The van der Waals surface area contributed by atoms with Gasteiger partial charge in [-0.25, -0.2) is 21.6 Å². The standard InChI is InChI=1S/C55H68N8O11S2/c1-34(2)41-8-5-6-9-42(41)45-10-7-22-61(45)39-30-55(31-39)19-24-60(25-20-55)37-11-12-43(47(27-37)74-49-26-36-15-21-56-51(36)58-53(49)73-32-38-16-23-62(38)75(4,68)69)52(64)59-76(70,71)40-28-46(63(66)67)50-48(29-40)72-33-44(57-50)35-13-17-54(3,65)18-14-35/h5-6,8-9,11-12,15,21,26-29,34-35,38-39,44-45,57,65H,7,10,13-14,16-20,22-25,30-33H2,1-4H3,(H,56,58)(H,59,64)/t35-,38-,44+,45+,54-/m0/s1. The van der Waals surface area contributed by atoms with E-state index < -0.39 is 53.1 Å². The third-order valence-corrected chi connectivity index (χ3v) is 19.9. The number of benzene rings is 3. The summed E-state index contributed by atoms with van der Waals surface area (Å²) in [6, 6.07) is 19.7. The summed E-state index contributed by atoms with van der Waals surface area (Å²) in [7, 11) is -8.25. The number of nitrogens with zero attached hydrogens (tertiary/aromatic N) is 5. The van der Waals surface area contributed by atoms with Gasteiger partial charge in [-0.2, -0.15) is 9.29 Å². The first-order valence-electron chi connectivity index (χ1n) is 26.7. The number of aliphatic hydroxyl groups is 1. The minimum atomic E-state index is -4.78. The predicted octanol–water partition coefficient (Wildman–Crippen LogP) is 8.62. The number of piperidine rings is 1. The first-order chi connectivity index (χ1) is 36.2. The summed E-state index contributed by atoms with van der Waals surface area (Å²) in [5, 5.41) is 26.9. The summed E-state index contributed by atoms with van der Waals surface area (Å²) in [6.45, 7) is 9.43. The zero-order valence-electron chi connectivity index (χ0n) is 43.5. The number of hydrogen-bond acceptors (Lipinski definition) is 15. The van der Waals surface area contributed by atoms with E-state index in [4.69, 9.17) is 14.2 Å². The Bertz CT molecular complexity index is 3270. The van der Waals surface area contributed by atoms with Gasteiger partial charge in [-0.05, 0) is 137 Å². The van der Waals surface area contributed by atoms with Crippen molar-refractivity contribution in [1.29, 1.82) is 0 Å². The molecule has 21 heteroatoms. The summed E-state index contributed by atoms with van der Waals surface area (Å²) in [5.41, 5.74) is 2.96. The summed E-state index contributed by atoms with van der Waals surface area (Å²) in [6.07, 6.45) is 12.6. The first kappa shape index (κ1) is 52.1. The van der Waals surface area contributed by atoms with Gasteiger partial charge in [-0.15, -0.1) is 0 Å². The van der Waals surface area contributed by atoms with Gasteiger partial charge in [0.25, 0.3) is 27.5 Å². The molecule has 0 bridgehead atoms. The molecule has 4 N–H and O–H groups in total. The maximum Gasteiger partial charge on any atom is 0.297 e.